The molecule has 6 nitrogen and oxygen atoms in total. The van der Waals surface area contributed by atoms with Crippen LogP contribution in [0.5, 0.6) is 5.75 Å². The van der Waals surface area contributed by atoms with Crippen molar-refractivity contribution in [2.75, 3.05) is 16.2 Å². The van der Waals surface area contributed by atoms with Crippen molar-refractivity contribution in [2.45, 2.75) is 31.0 Å². The van der Waals surface area contributed by atoms with Crippen LogP contribution in [-0.2, 0) is 21.2 Å². The van der Waals surface area contributed by atoms with Gasteiger partial charge in [0.1, 0.15) is 5.75 Å². The molecule has 0 spiro atoms. The van der Waals surface area contributed by atoms with Crippen LogP contribution < -0.4 is 14.4 Å². The van der Waals surface area contributed by atoms with Crippen molar-refractivity contribution in [1.82, 2.24) is 0 Å². The molecule has 0 saturated carbocycles. The van der Waals surface area contributed by atoms with E-state index in [1.807, 2.05) is 0 Å². The molecule has 1 heterocycles. The number of alkyl halides is 3. The Labute approximate surface area is 160 Å². The van der Waals surface area contributed by atoms with Gasteiger partial charge in [-0.25, -0.2) is 8.42 Å². The van der Waals surface area contributed by atoms with Crippen LogP contribution in [0.2, 0.25) is 0 Å². The number of fused-ring (bicyclic) bond motifs is 1. The number of anilines is 2. The van der Waals surface area contributed by atoms with E-state index < -0.39 is 22.1 Å². The number of carbonyl (C=O) groups excluding carboxylic acids is 1. The van der Waals surface area contributed by atoms with Crippen LogP contribution >= 0.6 is 0 Å². The molecule has 1 aliphatic rings. The van der Waals surface area contributed by atoms with Crippen molar-refractivity contribution in [3.63, 3.8) is 0 Å². The number of amides is 1. The van der Waals surface area contributed by atoms with E-state index in [0.29, 0.717) is 25.1 Å². The summed E-state index contributed by atoms with van der Waals surface area (Å²) in [4.78, 5) is 13.6. The number of nitrogens with one attached hydrogen (secondary N) is 1. The molecule has 150 valence electrons. The summed E-state index contributed by atoms with van der Waals surface area (Å²) in [7, 11) is -3.94. The van der Waals surface area contributed by atoms with Gasteiger partial charge in [0.2, 0.25) is 5.91 Å². The zero-order valence-electron chi connectivity index (χ0n) is 14.8. The summed E-state index contributed by atoms with van der Waals surface area (Å²) in [6.07, 6.45) is -3.92. The summed E-state index contributed by atoms with van der Waals surface area (Å²) < 4.78 is 67.8. The summed E-state index contributed by atoms with van der Waals surface area (Å²) in [6, 6.07) is 8.86. The molecule has 0 fully saturated rings. The third-order valence-corrected chi connectivity index (χ3v) is 5.58. The number of halogens is 3. The van der Waals surface area contributed by atoms with Crippen molar-refractivity contribution < 1.29 is 31.1 Å². The molecule has 0 aromatic heterocycles. The molecule has 10 heteroatoms. The Balaban J connectivity index is 1.78. The maximum atomic E-state index is 12.6. The lowest BCUT2D eigenvalue weighted by Crippen LogP contribution is -2.27. The third-order valence-electron chi connectivity index (χ3n) is 4.20. The first-order valence-corrected chi connectivity index (χ1v) is 9.89. The SMILES string of the molecule is CCC(=O)N1CCc2cc(S(=O)(=O)Nc3ccc(OC(F)(F)F)cc3)ccc21. The van der Waals surface area contributed by atoms with Crippen LogP contribution in [0.3, 0.4) is 0 Å². The highest BCUT2D eigenvalue weighted by Gasteiger charge is 2.31. The van der Waals surface area contributed by atoms with Crippen LogP contribution in [0.4, 0.5) is 24.5 Å². The lowest BCUT2D eigenvalue weighted by molar-refractivity contribution is -0.274. The second kappa shape index (κ2) is 7.34. The molecular weight excluding hydrogens is 397 g/mol. The van der Waals surface area contributed by atoms with E-state index >= 15 is 0 Å². The summed E-state index contributed by atoms with van der Waals surface area (Å²) >= 11 is 0. The van der Waals surface area contributed by atoms with Gasteiger partial charge in [0.05, 0.1) is 4.90 Å². The van der Waals surface area contributed by atoms with Crippen LogP contribution in [0.15, 0.2) is 47.4 Å². The number of carbonyl (C=O) groups is 1. The first kappa shape index (κ1) is 20.0. The van der Waals surface area contributed by atoms with Crippen molar-refractivity contribution in [1.29, 1.82) is 0 Å². The molecule has 3 rings (SSSR count). The van der Waals surface area contributed by atoms with Gasteiger partial charge in [0.25, 0.3) is 10.0 Å². The molecule has 2 aromatic carbocycles. The zero-order valence-corrected chi connectivity index (χ0v) is 15.6. The minimum atomic E-state index is -4.82. The van der Waals surface area contributed by atoms with Gasteiger partial charge in [0, 0.05) is 24.3 Å². The fourth-order valence-corrected chi connectivity index (χ4v) is 4.04. The Morgan fingerprint density at radius 2 is 1.86 bits per heavy atom. The van der Waals surface area contributed by atoms with Crippen LogP contribution in [0, 0.1) is 0 Å². The molecule has 1 N–H and O–H groups in total. The Bertz CT molecular complexity index is 989. The lowest BCUT2D eigenvalue weighted by Gasteiger charge is -2.16. The van der Waals surface area contributed by atoms with E-state index in [-0.39, 0.29) is 16.5 Å². The van der Waals surface area contributed by atoms with E-state index in [1.165, 1.54) is 24.3 Å². The van der Waals surface area contributed by atoms with E-state index in [4.69, 9.17) is 0 Å². The second-order valence-electron chi connectivity index (χ2n) is 6.12. The summed E-state index contributed by atoms with van der Waals surface area (Å²) in [6.45, 7) is 2.26. The average molecular weight is 414 g/mol. The Hall–Kier alpha value is -2.75. The molecule has 0 saturated heterocycles. The van der Waals surface area contributed by atoms with E-state index in [1.54, 1.807) is 17.9 Å². The third kappa shape index (κ3) is 4.38. The van der Waals surface area contributed by atoms with Gasteiger partial charge in [-0.15, -0.1) is 13.2 Å². The molecule has 28 heavy (non-hydrogen) atoms. The smallest absolute Gasteiger partial charge is 0.406 e. The number of rotatable bonds is 5. The zero-order chi connectivity index (χ0) is 20.5. The summed E-state index contributed by atoms with van der Waals surface area (Å²) in [5, 5.41) is 0. The quantitative estimate of drug-likeness (QED) is 0.810. The molecule has 0 unspecified atom stereocenters. The van der Waals surface area contributed by atoms with Crippen LogP contribution in [-0.4, -0.2) is 27.2 Å². The molecule has 0 aliphatic carbocycles. The Morgan fingerprint density at radius 3 is 2.46 bits per heavy atom. The van der Waals surface area contributed by atoms with Crippen molar-refractivity contribution in [2.24, 2.45) is 0 Å². The second-order valence-corrected chi connectivity index (χ2v) is 7.80. The number of hydrogen-bond donors (Lipinski definition) is 1. The molecule has 0 bridgehead atoms. The van der Waals surface area contributed by atoms with Crippen molar-refractivity contribution in [3.8, 4) is 5.75 Å². The van der Waals surface area contributed by atoms with Gasteiger partial charge in [0.15, 0.2) is 0 Å². The first-order chi connectivity index (χ1) is 13.1. The monoisotopic (exact) mass is 414 g/mol. The number of hydrogen-bond acceptors (Lipinski definition) is 4. The first-order valence-electron chi connectivity index (χ1n) is 8.41. The Kier molecular flexibility index (Phi) is 5.24. The highest BCUT2D eigenvalue weighted by Crippen LogP contribution is 2.31. The maximum absolute atomic E-state index is 12.6. The molecule has 0 radical (unpaired) electrons. The Morgan fingerprint density at radius 1 is 1.18 bits per heavy atom. The number of benzene rings is 2. The number of sulfonamides is 1. The lowest BCUT2D eigenvalue weighted by atomic mass is 10.2. The van der Waals surface area contributed by atoms with E-state index in [0.717, 1.165) is 17.7 Å². The van der Waals surface area contributed by atoms with Gasteiger partial charge in [-0.1, -0.05) is 6.92 Å². The van der Waals surface area contributed by atoms with E-state index in [9.17, 15) is 26.4 Å². The van der Waals surface area contributed by atoms with Gasteiger partial charge in [-0.3, -0.25) is 9.52 Å². The molecule has 0 atom stereocenters. The van der Waals surface area contributed by atoms with Crippen molar-refractivity contribution >= 4 is 27.3 Å². The predicted molar refractivity (Wildman–Crippen MR) is 96.7 cm³/mol. The van der Waals surface area contributed by atoms with Gasteiger partial charge < -0.3 is 9.64 Å². The standard InChI is InChI=1S/C18H17F3N2O4S/c1-2-17(24)23-10-9-12-11-15(7-8-16(12)23)28(25,26)22-13-3-5-14(6-4-13)27-18(19,20)21/h3-8,11,22H,2,9-10H2,1H3. The van der Waals surface area contributed by atoms with E-state index in [2.05, 4.69) is 9.46 Å². The van der Waals surface area contributed by atoms with Gasteiger partial charge in [-0.05, 0) is 54.4 Å². The van der Waals surface area contributed by atoms with Crippen LogP contribution in [0.1, 0.15) is 18.9 Å². The van der Waals surface area contributed by atoms with Gasteiger partial charge in [-0.2, -0.15) is 0 Å². The number of ether oxygens (including phenoxy) is 1. The predicted octanol–water partition coefficient (Wildman–Crippen LogP) is 3.69. The molecule has 2 aromatic rings. The van der Waals surface area contributed by atoms with Gasteiger partial charge >= 0.3 is 6.36 Å². The fraction of sp³-hybridized carbons (Fsp3) is 0.278. The van der Waals surface area contributed by atoms with Crippen molar-refractivity contribution in [3.05, 3.63) is 48.0 Å². The normalized spacial score (nSPS) is 13.9. The fourth-order valence-electron chi connectivity index (χ4n) is 2.93. The topological polar surface area (TPSA) is 75.7 Å². The molecule has 1 aliphatic heterocycles. The highest BCUT2D eigenvalue weighted by molar-refractivity contribution is 7.92. The van der Waals surface area contributed by atoms with Crippen LogP contribution in [0.25, 0.3) is 0 Å². The highest BCUT2D eigenvalue weighted by atomic mass is 32.2. The largest absolute Gasteiger partial charge is 0.573 e. The minimum Gasteiger partial charge on any atom is -0.406 e. The minimum absolute atomic E-state index is 0.00710. The molecular formula is C18H17F3N2O4S. The summed E-state index contributed by atoms with van der Waals surface area (Å²) in [5.74, 6) is -0.484. The molecule has 1 amide bonds. The maximum Gasteiger partial charge on any atom is 0.573 e. The average Bonchev–Trinajstić information content (AvgIpc) is 3.04. The summed E-state index contributed by atoms with van der Waals surface area (Å²) in [5.41, 5.74) is 1.54. The number of nitrogens with zero attached hydrogens (tertiary/aromatic N) is 1.